The van der Waals surface area contributed by atoms with Crippen LogP contribution in [0.1, 0.15) is 22.1 Å². The van der Waals surface area contributed by atoms with Crippen molar-refractivity contribution in [3.63, 3.8) is 0 Å². The SMILES string of the molecule is O=C(NC(CO)c1ccc(Cl)c(F)c1)c1cnsn1. The summed E-state index contributed by atoms with van der Waals surface area (Å²) in [5, 5.41) is 11.8. The quantitative estimate of drug-likeness (QED) is 0.903. The average molecular weight is 302 g/mol. The van der Waals surface area contributed by atoms with E-state index in [0.717, 1.165) is 11.7 Å². The molecule has 1 heterocycles. The Balaban J connectivity index is 2.16. The fraction of sp³-hybridized carbons (Fsp3) is 0.182. The minimum Gasteiger partial charge on any atom is -0.394 e. The molecule has 1 atom stereocenters. The van der Waals surface area contributed by atoms with Gasteiger partial charge in [0, 0.05) is 0 Å². The molecule has 0 aliphatic rings. The lowest BCUT2D eigenvalue weighted by atomic mass is 10.1. The fourth-order valence-electron chi connectivity index (χ4n) is 1.46. The Bertz CT molecular complexity index is 579. The van der Waals surface area contributed by atoms with Gasteiger partial charge in [0.2, 0.25) is 0 Å². The lowest BCUT2D eigenvalue weighted by molar-refractivity contribution is 0.0912. The molecule has 0 aliphatic carbocycles. The molecule has 100 valence electrons. The van der Waals surface area contributed by atoms with Gasteiger partial charge in [0.05, 0.1) is 35.6 Å². The van der Waals surface area contributed by atoms with Gasteiger partial charge in [0.25, 0.3) is 5.91 Å². The van der Waals surface area contributed by atoms with Crippen LogP contribution in [-0.4, -0.2) is 26.4 Å². The van der Waals surface area contributed by atoms with Crippen molar-refractivity contribution >= 4 is 29.2 Å². The van der Waals surface area contributed by atoms with Crippen molar-refractivity contribution < 1.29 is 14.3 Å². The molecule has 1 amide bonds. The van der Waals surface area contributed by atoms with Crippen molar-refractivity contribution in [2.24, 2.45) is 0 Å². The van der Waals surface area contributed by atoms with Gasteiger partial charge in [-0.15, -0.1) is 0 Å². The first-order chi connectivity index (χ1) is 9.11. The first kappa shape index (κ1) is 13.9. The monoisotopic (exact) mass is 301 g/mol. The molecule has 1 unspecified atom stereocenters. The predicted molar refractivity (Wildman–Crippen MR) is 68.6 cm³/mol. The lowest BCUT2D eigenvalue weighted by Crippen LogP contribution is -2.31. The second-order valence-corrected chi connectivity index (χ2v) is 4.64. The Morgan fingerprint density at radius 1 is 1.58 bits per heavy atom. The third kappa shape index (κ3) is 3.25. The van der Waals surface area contributed by atoms with E-state index in [-0.39, 0.29) is 17.3 Å². The Hall–Kier alpha value is -1.57. The van der Waals surface area contributed by atoms with Crippen molar-refractivity contribution in [3.8, 4) is 0 Å². The highest BCUT2D eigenvalue weighted by Crippen LogP contribution is 2.20. The molecule has 0 saturated carbocycles. The number of aromatic nitrogens is 2. The number of carbonyl (C=O) groups excluding carboxylic acids is 1. The van der Waals surface area contributed by atoms with Crippen LogP contribution in [0.2, 0.25) is 5.02 Å². The van der Waals surface area contributed by atoms with E-state index in [0.29, 0.717) is 5.56 Å². The minimum absolute atomic E-state index is 0.0181. The standard InChI is InChI=1S/C11H9ClFN3O2S/c12-7-2-1-6(3-8(7)13)10(5-17)15-11(18)9-4-14-19-16-9/h1-4,10,17H,5H2,(H,15,18). The highest BCUT2D eigenvalue weighted by atomic mass is 35.5. The fourth-order valence-corrected chi connectivity index (χ4v) is 1.99. The molecule has 5 nitrogen and oxygen atoms in total. The van der Waals surface area contributed by atoms with E-state index >= 15 is 0 Å². The normalized spacial score (nSPS) is 12.2. The van der Waals surface area contributed by atoms with Gasteiger partial charge in [-0.25, -0.2) is 4.39 Å². The number of amides is 1. The van der Waals surface area contributed by atoms with Crippen molar-refractivity contribution in [1.82, 2.24) is 14.1 Å². The number of aliphatic hydroxyl groups is 1. The third-order valence-electron chi connectivity index (χ3n) is 2.43. The Morgan fingerprint density at radius 2 is 2.37 bits per heavy atom. The summed E-state index contributed by atoms with van der Waals surface area (Å²) in [4.78, 5) is 11.8. The number of carbonyl (C=O) groups is 1. The van der Waals surface area contributed by atoms with E-state index < -0.39 is 17.8 Å². The zero-order chi connectivity index (χ0) is 13.8. The Kier molecular flexibility index (Phi) is 4.41. The van der Waals surface area contributed by atoms with E-state index in [1.165, 1.54) is 24.4 Å². The molecule has 19 heavy (non-hydrogen) atoms. The average Bonchev–Trinajstić information content (AvgIpc) is 2.93. The molecule has 2 rings (SSSR count). The van der Waals surface area contributed by atoms with Gasteiger partial charge < -0.3 is 10.4 Å². The van der Waals surface area contributed by atoms with Crippen LogP contribution in [0.4, 0.5) is 4.39 Å². The Labute approximate surface area is 117 Å². The van der Waals surface area contributed by atoms with Crippen LogP contribution >= 0.6 is 23.3 Å². The van der Waals surface area contributed by atoms with Gasteiger partial charge in [-0.2, -0.15) is 8.75 Å². The second-order valence-electron chi connectivity index (χ2n) is 3.67. The van der Waals surface area contributed by atoms with Crippen LogP contribution in [0.5, 0.6) is 0 Å². The van der Waals surface area contributed by atoms with E-state index in [2.05, 4.69) is 14.1 Å². The summed E-state index contributed by atoms with van der Waals surface area (Å²) < 4.78 is 20.8. The summed E-state index contributed by atoms with van der Waals surface area (Å²) in [6.07, 6.45) is 1.32. The summed E-state index contributed by atoms with van der Waals surface area (Å²) in [5.41, 5.74) is 0.568. The molecule has 1 aromatic heterocycles. The van der Waals surface area contributed by atoms with Crippen LogP contribution in [0.25, 0.3) is 0 Å². The topological polar surface area (TPSA) is 75.1 Å². The molecule has 1 aromatic carbocycles. The zero-order valence-electron chi connectivity index (χ0n) is 9.51. The number of nitrogens with one attached hydrogen (secondary N) is 1. The molecule has 0 radical (unpaired) electrons. The molecule has 0 spiro atoms. The molecule has 2 aromatic rings. The highest BCUT2D eigenvalue weighted by molar-refractivity contribution is 6.99. The van der Waals surface area contributed by atoms with Gasteiger partial charge in [-0.3, -0.25) is 4.79 Å². The number of halogens is 2. The van der Waals surface area contributed by atoms with Crippen molar-refractivity contribution in [2.45, 2.75) is 6.04 Å². The summed E-state index contributed by atoms with van der Waals surface area (Å²) in [5.74, 6) is -1.09. The number of aliphatic hydroxyl groups excluding tert-OH is 1. The van der Waals surface area contributed by atoms with Crippen LogP contribution in [0, 0.1) is 5.82 Å². The van der Waals surface area contributed by atoms with E-state index in [1.807, 2.05) is 0 Å². The first-order valence-corrected chi connectivity index (χ1v) is 6.37. The van der Waals surface area contributed by atoms with Crippen molar-refractivity contribution in [3.05, 3.63) is 46.5 Å². The summed E-state index contributed by atoms with van der Waals surface area (Å²) in [6, 6.07) is 3.33. The number of rotatable bonds is 4. The van der Waals surface area contributed by atoms with Crippen LogP contribution < -0.4 is 5.32 Å². The minimum atomic E-state index is -0.735. The maximum atomic E-state index is 13.3. The predicted octanol–water partition coefficient (Wildman–Crippen LogP) is 1.79. The van der Waals surface area contributed by atoms with Gasteiger partial charge in [0.15, 0.2) is 5.69 Å². The summed E-state index contributed by atoms with van der Waals surface area (Å²) in [6.45, 7) is -0.371. The molecule has 0 aliphatic heterocycles. The van der Waals surface area contributed by atoms with Gasteiger partial charge in [-0.05, 0) is 17.7 Å². The molecule has 0 bridgehead atoms. The number of hydrogen-bond acceptors (Lipinski definition) is 5. The smallest absolute Gasteiger partial charge is 0.273 e. The maximum Gasteiger partial charge on any atom is 0.273 e. The summed E-state index contributed by atoms with van der Waals surface area (Å²) >= 11 is 6.48. The van der Waals surface area contributed by atoms with E-state index in [4.69, 9.17) is 11.6 Å². The molecular formula is C11H9ClFN3O2S. The molecule has 0 fully saturated rings. The number of nitrogens with zero attached hydrogens (tertiary/aromatic N) is 2. The lowest BCUT2D eigenvalue weighted by Gasteiger charge is -2.16. The second kappa shape index (κ2) is 6.05. The van der Waals surface area contributed by atoms with Crippen molar-refractivity contribution in [1.29, 1.82) is 0 Å². The van der Waals surface area contributed by atoms with E-state index in [1.54, 1.807) is 0 Å². The van der Waals surface area contributed by atoms with Gasteiger partial charge in [0.1, 0.15) is 5.82 Å². The number of hydrogen-bond donors (Lipinski definition) is 2. The molecule has 8 heteroatoms. The maximum absolute atomic E-state index is 13.3. The largest absolute Gasteiger partial charge is 0.394 e. The third-order valence-corrected chi connectivity index (χ3v) is 3.21. The van der Waals surface area contributed by atoms with Crippen LogP contribution in [-0.2, 0) is 0 Å². The summed E-state index contributed by atoms with van der Waals surface area (Å²) in [7, 11) is 0. The van der Waals surface area contributed by atoms with Crippen LogP contribution in [0.15, 0.2) is 24.4 Å². The number of benzene rings is 1. The highest BCUT2D eigenvalue weighted by Gasteiger charge is 2.17. The van der Waals surface area contributed by atoms with Crippen molar-refractivity contribution in [2.75, 3.05) is 6.61 Å². The van der Waals surface area contributed by atoms with Gasteiger partial charge >= 0.3 is 0 Å². The van der Waals surface area contributed by atoms with Gasteiger partial charge in [-0.1, -0.05) is 17.7 Å². The first-order valence-electron chi connectivity index (χ1n) is 5.26. The molecule has 0 saturated heterocycles. The Morgan fingerprint density at radius 3 is 2.95 bits per heavy atom. The zero-order valence-corrected chi connectivity index (χ0v) is 11.1. The molecular weight excluding hydrogens is 293 g/mol. The van der Waals surface area contributed by atoms with E-state index in [9.17, 15) is 14.3 Å². The van der Waals surface area contributed by atoms with Crippen LogP contribution in [0.3, 0.4) is 0 Å². The molecule has 2 N–H and O–H groups in total.